The Labute approximate surface area is 105 Å². The van der Waals surface area contributed by atoms with E-state index >= 15 is 0 Å². The average molecular weight is 244 g/mol. The molecular weight excluding hydrogens is 228 g/mol. The zero-order chi connectivity index (χ0) is 12.7. The number of hydrogen-bond acceptors (Lipinski definition) is 2. The summed E-state index contributed by atoms with van der Waals surface area (Å²) in [6, 6.07) is 5.89. The molecule has 0 bridgehead atoms. The van der Waals surface area contributed by atoms with Crippen molar-refractivity contribution < 1.29 is 9.53 Å². The van der Waals surface area contributed by atoms with Gasteiger partial charge in [-0.25, -0.2) is 0 Å². The third-order valence-electron chi connectivity index (χ3n) is 3.74. The van der Waals surface area contributed by atoms with E-state index in [1.165, 1.54) is 0 Å². The number of amides is 1. The topological polar surface area (TPSA) is 68.1 Å². The molecule has 3 N–H and O–H groups in total. The van der Waals surface area contributed by atoms with Crippen LogP contribution in [0.5, 0.6) is 5.75 Å². The number of H-pyrrole nitrogens is 1. The lowest BCUT2D eigenvalue weighted by molar-refractivity contribution is -0.119. The number of benzene rings is 1. The number of fused-ring (bicyclic) bond motifs is 3. The van der Waals surface area contributed by atoms with Gasteiger partial charge in [-0.05, 0) is 37.0 Å². The third kappa shape index (κ3) is 1.56. The summed E-state index contributed by atoms with van der Waals surface area (Å²) in [6.07, 6.45) is 2.84. The van der Waals surface area contributed by atoms with Crippen LogP contribution in [0.3, 0.4) is 0 Å². The number of nitrogens with two attached hydrogens (primary N) is 1. The number of nitrogens with one attached hydrogen (secondary N) is 1. The van der Waals surface area contributed by atoms with Crippen molar-refractivity contribution in [3.05, 3.63) is 29.5 Å². The Bertz CT molecular complexity index is 616. The molecule has 1 unspecified atom stereocenters. The normalized spacial score (nSPS) is 18.6. The van der Waals surface area contributed by atoms with Gasteiger partial charge in [-0.1, -0.05) is 0 Å². The highest BCUT2D eigenvalue weighted by Gasteiger charge is 2.28. The first kappa shape index (κ1) is 11.1. The lowest BCUT2D eigenvalue weighted by atomic mass is 9.85. The van der Waals surface area contributed by atoms with E-state index in [9.17, 15) is 4.79 Å². The van der Waals surface area contributed by atoms with Gasteiger partial charge in [0.25, 0.3) is 0 Å². The molecule has 4 nitrogen and oxygen atoms in total. The van der Waals surface area contributed by atoms with Crippen molar-refractivity contribution in [1.82, 2.24) is 4.98 Å². The van der Waals surface area contributed by atoms with E-state index in [-0.39, 0.29) is 11.8 Å². The van der Waals surface area contributed by atoms with Crippen LogP contribution in [0, 0.1) is 0 Å². The molecule has 1 aromatic carbocycles. The van der Waals surface area contributed by atoms with Gasteiger partial charge in [0.2, 0.25) is 5.91 Å². The summed E-state index contributed by atoms with van der Waals surface area (Å²) in [5.74, 6) is 0.431. The Hall–Kier alpha value is -1.97. The minimum Gasteiger partial charge on any atom is -0.497 e. The lowest BCUT2D eigenvalue weighted by Crippen LogP contribution is -2.24. The molecule has 0 fully saturated rings. The van der Waals surface area contributed by atoms with Gasteiger partial charge < -0.3 is 15.5 Å². The van der Waals surface area contributed by atoms with E-state index in [4.69, 9.17) is 10.5 Å². The van der Waals surface area contributed by atoms with Gasteiger partial charge in [-0.3, -0.25) is 4.79 Å². The summed E-state index contributed by atoms with van der Waals surface area (Å²) in [4.78, 5) is 15.0. The van der Waals surface area contributed by atoms with Crippen LogP contribution in [-0.4, -0.2) is 18.0 Å². The Kier molecular flexibility index (Phi) is 2.51. The number of carbonyl (C=O) groups excluding carboxylic acids is 1. The molecule has 1 heterocycles. The standard InChI is InChI=1S/C14H16N2O2/c1-18-8-5-6-9-12(7-8)16-11-4-2-3-10(13(9)11)14(15)17/h5-7,10,16H,2-4H2,1H3,(H2,15,17). The first-order valence-corrected chi connectivity index (χ1v) is 6.18. The summed E-state index contributed by atoms with van der Waals surface area (Å²) < 4.78 is 5.22. The van der Waals surface area contributed by atoms with Crippen LogP contribution >= 0.6 is 0 Å². The Morgan fingerprint density at radius 3 is 3.06 bits per heavy atom. The second-order valence-electron chi connectivity index (χ2n) is 4.78. The number of ether oxygens (including phenoxy) is 1. The van der Waals surface area contributed by atoms with Crippen LogP contribution < -0.4 is 10.5 Å². The average Bonchev–Trinajstić information content (AvgIpc) is 2.75. The molecule has 4 heteroatoms. The summed E-state index contributed by atoms with van der Waals surface area (Å²) in [5, 5.41) is 1.09. The molecule has 18 heavy (non-hydrogen) atoms. The number of aromatic amines is 1. The molecule has 1 amide bonds. The minimum absolute atomic E-state index is 0.157. The summed E-state index contributed by atoms with van der Waals surface area (Å²) in [6.45, 7) is 0. The van der Waals surface area contributed by atoms with Crippen LogP contribution in [0.25, 0.3) is 10.9 Å². The summed E-state index contributed by atoms with van der Waals surface area (Å²) in [5.41, 5.74) is 8.77. The van der Waals surface area contributed by atoms with E-state index in [0.29, 0.717) is 0 Å². The molecule has 1 aliphatic rings. The lowest BCUT2D eigenvalue weighted by Gasteiger charge is -2.19. The molecule has 0 saturated carbocycles. The van der Waals surface area contributed by atoms with Crippen molar-refractivity contribution in [3.63, 3.8) is 0 Å². The second-order valence-corrected chi connectivity index (χ2v) is 4.78. The van der Waals surface area contributed by atoms with Crippen molar-refractivity contribution >= 4 is 16.8 Å². The number of methoxy groups -OCH3 is 1. The zero-order valence-corrected chi connectivity index (χ0v) is 10.3. The van der Waals surface area contributed by atoms with Gasteiger partial charge in [0.15, 0.2) is 0 Å². The molecule has 0 saturated heterocycles. The van der Waals surface area contributed by atoms with Gasteiger partial charge >= 0.3 is 0 Å². The molecule has 3 rings (SSSR count). The highest BCUT2D eigenvalue weighted by molar-refractivity contribution is 5.93. The van der Waals surface area contributed by atoms with Crippen molar-refractivity contribution in [2.24, 2.45) is 5.73 Å². The van der Waals surface area contributed by atoms with Crippen LogP contribution in [0.1, 0.15) is 30.0 Å². The first-order valence-electron chi connectivity index (χ1n) is 6.18. The fourth-order valence-electron chi connectivity index (χ4n) is 2.89. The predicted molar refractivity (Wildman–Crippen MR) is 69.7 cm³/mol. The van der Waals surface area contributed by atoms with E-state index in [0.717, 1.165) is 47.2 Å². The molecule has 2 aromatic rings. The first-order chi connectivity index (χ1) is 8.70. The number of rotatable bonds is 2. The molecule has 0 radical (unpaired) electrons. The number of primary amides is 1. The Balaban J connectivity index is 2.22. The fraction of sp³-hybridized carbons (Fsp3) is 0.357. The quantitative estimate of drug-likeness (QED) is 0.849. The minimum atomic E-state index is -0.229. The SMILES string of the molecule is COc1ccc2c3c([nH]c2c1)CCCC3C(N)=O. The molecule has 0 spiro atoms. The molecule has 1 aliphatic carbocycles. The van der Waals surface area contributed by atoms with Crippen LogP contribution in [0.2, 0.25) is 0 Å². The van der Waals surface area contributed by atoms with Crippen molar-refractivity contribution in [2.45, 2.75) is 25.2 Å². The zero-order valence-electron chi connectivity index (χ0n) is 10.3. The van der Waals surface area contributed by atoms with E-state index < -0.39 is 0 Å². The van der Waals surface area contributed by atoms with Crippen molar-refractivity contribution in [2.75, 3.05) is 7.11 Å². The van der Waals surface area contributed by atoms with Crippen LogP contribution in [0.4, 0.5) is 0 Å². The molecule has 0 aliphatic heterocycles. The maximum absolute atomic E-state index is 11.6. The predicted octanol–water partition coefficient (Wildman–Crippen LogP) is 2.08. The second kappa shape index (κ2) is 4.05. The largest absolute Gasteiger partial charge is 0.497 e. The van der Waals surface area contributed by atoms with Gasteiger partial charge in [-0.15, -0.1) is 0 Å². The van der Waals surface area contributed by atoms with Crippen molar-refractivity contribution in [1.29, 1.82) is 0 Å². The Morgan fingerprint density at radius 2 is 2.33 bits per heavy atom. The number of hydrogen-bond donors (Lipinski definition) is 2. The Morgan fingerprint density at radius 1 is 1.50 bits per heavy atom. The highest BCUT2D eigenvalue weighted by Crippen LogP contribution is 2.37. The molecular formula is C14H16N2O2. The van der Waals surface area contributed by atoms with E-state index in [1.54, 1.807) is 7.11 Å². The number of aromatic nitrogens is 1. The van der Waals surface area contributed by atoms with Crippen LogP contribution in [-0.2, 0) is 11.2 Å². The van der Waals surface area contributed by atoms with Gasteiger partial charge in [0.05, 0.1) is 13.0 Å². The molecule has 1 atom stereocenters. The van der Waals surface area contributed by atoms with Crippen LogP contribution in [0.15, 0.2) is 18.2 Å². The summed E-state index contributed by atoms with van der Waals surface area (Å²) in [7, 11) is 1.65. The maximum atomic E-state index is 11.6. The number of aryl methyl sites for hydroxylation is 1. The van der Waals surface area contributed by atoms with E-state index in [2.05, 4.69) is 4.98 Å². The monoisotopic (exact) mass is 244 g/mol. The van der Waals surface area contributed by atoms with Gasteiger partial charge in [0.1, 0.15) is 5.75 Å². The van der Waals surface area contributed by atoms with Gasteiger partial charge in [-0.2, -0.15) is 0 Å². The maximum Gasteiger partial charge on any atom is 0.225 e. The molecule has 94 valence electrons. The summed E-state index contributed by atoms with van der Waals surface area (Å²) >= 11 is 0. The fourth-order valence-corrected chi connectivity index (χ4v) is 2.89. The third-order valence-corrected chi connectivity index (χ3v) is 3.74. The van der Waals surface area contributed by atoms with E-state index in [1.807, 2.05) is 18.2 Å². The molecule has 1 aromatic heterocycles. The van der Waals surface area contributed by atoms with Gasteiger partial charge in [0, 0.05) is 22.7 Å². The highest BCUT2D eigenvalue weighted by atomic mass is 16.5. The smallest absolute Gasteiger partial charge is 0.225 e. The number of carbonyl (C=O) groups is 1. The van der Waals surface area contributed by atoms with Crippen molar-refractivity contribution in [3.8, 4) is 5.75 Å².